The SMILES string of the molecule is CCCCCC/C=C/C(O)C#C[Si](C)(C)C. The van der Waals surface area contributed by atoms with Crippen molar-refractivity contribution in [1.82, 2.24) is 0 Å². The molecule has 92 valence electrons. The summed E-state index contributed by atoms with van der Waals surface area (Å²) in [6, 6.07) is 0. The zero-order valence-electron chi connectivity index (χ0n) is 11.2. The molecule has 0 spiro atoms. The van der Waals surface area contributed by atoms with Gasteiger partial charge < -0.3 is 5.11 Å². The molecule has 16 heavy (non-hydrogen) atoms. The molecule has 0 heterocycles. The van der Waals surface area contributed by atoms with Crippen molar-refractivity contribution >= 4 is 8.07 Å². The Hall–Kier alpha value is -0.523. The van der Waals surface area contributed by atoms with E-state index in [1.807, 2.05) is 6.08 Å². The molecule has 0 saturated carbocycles. The van der Waals surface area contributed by atoms with Crippen molar-refractivity contribution in [3.05, 3.63) is 12.2 Å². The summed E-state index contributed by atoms with van der Waals surface area (Å²) in [5.41, 5.74) is 3.17. The van der Waals surface area contributed by atoms with Crippen LogP contribution in [0.15, 0.2) is 12.2 Å². The fraction of sp³-hybridized carbons (Fsp3) is 0.714. The van der Waals surface area contributed by atoms with Gasteiger partial charge in [0.15, 0.2) is 0 Å². The summed E-state index contributed by atoms with van der Waals surface area (Å²) in [6.45, 7) is 8.76. The van der Waals surface area contributed by atoms with Crippen molar-refractivity contribution in [1.29, 1.82) is 0 Å². The number of aliphatic hydroxyl groups is 1. The number of unbranched alkanes of at least 4 members (excludes halogenated alkanes) is 4. The van der Waals surface area contributed by atoms with Gasteiger partial charge in [0.2, 0.25) is 0 Å². The molecule has 1 nitrogen and oxygen atoms in total. The minimum absolute atomic E-state index is 0.571. The lowest BCUT2D eigenvalue weighted by molar-refractivity contribution is 0.280. The topological polar surface area (TPSA) is 20.2 Å². The highest BCUT2D eigenvalue weighted by atomic mass is 28.3. The molecule has 0 radical (unpaired) electrons. The van der Waals surface area contributed by atoms with E-state index < -0.39 is 14.2 Å². The molecule has 0 bridgehead atoms. The molecule has 0 saturated heterocycles. The molecule has 0 amide bonds. The molecule has 2 heteroatoms. The predicted octanol–water partition coefficient (Wildman–Crippen LogP) is 3.75. The molecule has 0 aliphatic rings. The first-order chi connectivity index (χ1) is 7.45. The van der Waals surface area contributed by atoms with Crippen LogP contribution in [0.4, 0.5) is 0 Å². The Morgan fingerprint density at radius 3 is 2.44 bits per heavy atom. The predicted molar refractivity (Wildman–Crippen MR) is 75.0 cm³/mol. The van der Waals surface area contributed by atoms with Crippen molar-refractivity contribution in [3.8, 4) is 11.5 Å². The summed E-state index contributed by atoms with van der Waals surface area (Å²) in [5, 5.41) is 9.58. The standard InChI is InChI=1S/C14H26OSi/c1-5-6-7-8-9-10-11-14(15)12-13-16(2,3)4/h10-11,14-15H,5-9H2,1-4H3/b11-10+. The van der Waals surface area contributed by atoms with Crippen LogP contribution in [0.3, 0.4) is 0 Å². The summed E-state index contributed by atoms with van der Waals surface area (Å²) in [6.07, 6.45) is 9.46. The molecule has 1 atom stereocenters. The molecule has 0 aliphatic heterocycles. The summed E-state index contributed by atoms with van der Waals surface area (Å²) in [7, 11) is -1.34. The maximum atomic E-state index is 9.58. The number of aliphatic hydroxyl groups excluding tert-OH is 1. The first kappa shape index (κ1) is 15.5. The summed E-state index contributed by atoms with van der Waals surface area (Å²) < 4.78 is 0. The highest BCUT2D eigenvalue weighted by Crippen LogP contribution is 2.03. The van der Waals surface area contributed by atoms with E-state index in [0.29, 0.717) is 0 Å². The van der Waals surface area contributed by atoms with Gasteiger partial charge in [-0.05, 0) is 18.9 Å². The fourth-order valence-corrected chi connectivity index (χ4v) is 1.83. The maximum Gasteiger partial charge on any atom is 0.132 e. The third-order valence-corrected chi connectivity index (χ3v) is 3.03. The Labute approximate surface area is 102 Å². The average Bonchev–Trinajstić information content (AvgIpc) is 2.19. The smallest absolute Gasteiger partial charge is 0.132 e. The second kappa shape index (κ2) is 8.61. The fourth-order valence-electron chi connectivity index (χ4n) is 1.25. The van der Waals surface area contributed by atoms with Crippen LogP contribution in [0.25, 0.3) is 0 Å². The van der Waals surface area contributed by atoms with Crippen LogP contribution in [0.1, 0.15) is 39.0 Å². The van der Waals surface area contributed by atoms with Crippen LogP contribution in [-0.2, 0) is 0 Å². The molecule has 0 aromatic carbocycles. The molecule has 0 fully saturated rings. The Bertz CT molecular complexity index is 252. The number of rotatable bonds is 6. The first-order valence-electron chi connectivity index (χ1n) is 6.33. The van der Waals surface area contributed by atoms with Gasteiger partial charge in [-0.2, -0.15) is 0 Å². The van der Waals surface area contributed by atoms with Crippen molar-refractivity contribution in [3.63, 3.8) is 0 Å². The monoisotopic (exact) mass is 238 g/mol. The van der Waals surface area contributed by atoms with Crippen LogP contribution in [0, 0.1) is 11.5 Å². The van der Waals surface area contributed by atoms with Gasteiger partial charge in [0, 0.05) is 0 Å². The van der Waals surface area contributed by atoms with E-state index in [0.717, 1.165) is 6.42 Å². The van der Waals surface area contributed by atoms with E-state index in [9.17, 15) is 5.11 Å². The zero-order chi connectivity index (χ0) is 12.4. The van der Waals surface area contributed by atoms with Crippen molar-refractivity contribution in [2.24, 2.45) is 0 Å². The molecule has 0 aromatic rings. The van der Waals surface area contributed by atoms with Gasteiger partial charge in [0.05, 0.1) is 0 Å². The van der Waals surface area contributed by atoms with E-state index in [1.165, 1.54) is 25.7 Å². The van der Waals surface area contributed by atoms with Crippen LogP contribution < -0.4 is 0 Å². The van der Waals surface area contributed by atoms with E-state index in [4.69, 9.17) is 0 Å². The quantitative estimate of drug-likeness (QED) is 0.323. The van der Waals surface area contributed by atoms with E-state index >= 15 is 0 Å². The van der Waals surface area contributed by atoms with Crippen molar-refractivity contribution < 1.29 is 5.11 Å². The lowest BCUT2D eigenvalue weighted by atomic mass is 10.1. The maximum absolute atomic E-state index is 9.58. The second-order valence-electron chi connectivity index (χ2n) is 5.24. The zero-order valence-corrected chi connectivity index (χ0v) is 12.2. The highest BCUT2D eigenvalue weighted by Gasteiger charge is 2.07. The van der Waals surface area contributed by atoms with Crippen molar-refractivity contribution in [2.75, 3.05) is 0 Å². The van der Waals surface area contributed by atoms with E-state index in [1.54, 1.807) is 0 Å². The summed E-state index contributed by atoms with van der Waals surface area (Å²) in [5.74, 6) is 2.91. The van der Waals surface area contributed by atoms with Crippen LogP contribution >= 0.6 is 0 Å². The molecule has 1 unspecified atom stereocenters. The largest absolute Gasteiger partial charge is 0.377 e. The Balaban J connectivity index is 3.73. The molecule has 0 aliphatic carbocycles. The van der Waals surface area contributed by atoms with Gasteiger partial charge in [-0.1, -0.05) is 57.8 Å². The lowest BCUT2D eigenvalue weighted by Gasteiger charge is -2.04. The summed E-state index contributed by atoms with van der Waals surface area (Å²) >= 11 is 0. The Kier molecular flexibility index (Phi) is 8.33. The third-order valence-electron chi connectivity index (χ3n) is 2.14. The van der Waals surface area contributed by atoms with E-state index in [-0.39, 0.29) is 0 Å². The average molecular weight is 238 g/mol. The number of hydrogen-bond donors (Lipinski definition) is 1. The Morgan fingerprint density at radius 1 is 1.19 bits per heavy atom. The van der Waals surface area contributed by atoms with Gasteiger partial charge in [-0.3, -0.25) is 0 Å². The first-order valence-corrected chi connectivity index (χ1v) is 9.83. The molecule has 0 rings (SSSR count). The molecule has 1 N–H and O–H groups in total. The van der Waals surface area contributed by atoms with Crippen LogP contribution in [0.2, 0.25) is 19.6 Å². The van der Waals surface area contributed by atoms with E-state index in [2.05, 4.69) is 44.1 Å². The molecular weight excluding hydrogens is 212 g/mol. The second-order valence-corrected chi connectivity index (χ2v) is 9.99. The molecule has 0 aromatic heterocycles. The summed E-state index contributed by atoms with van der Waals surface area (Å²) in [4.78, 5) is 0. The highest BCUT2D eigenvalue weighted by molar-refractivity contribution is 6.83. The van der Waals surface area contributed by atoms with Gasteiger partial charge in [0.1, 0.15) is 14.2 Å². The van der Waals surface area contributed by atoms with Gasteiger partial charge in [-0.15, -0.1) is 5.54 Å². The van der Waals surface area contributed by atoms with Gasteiger partial charge in [-0.25, -0.2) is 0 Å². The van der Waals surface area contributed by atoms with Crippen molar-refractivity contribution in [2.45, 2.75) is 64.8 Å². The lowest BCUT2D eigenvalue weighted by Crippen LogP contribution is -2.17. The number of allylic oxidation sites excluding steroid dienone is 1. The number of hydrogen-bond acceptors (Lipinski definition) is 1. The minimum atomic E-state index is -1.34. The minimum Gasteiger partial charge on any atom is -0.377 e. The van der Waals surface area contributed by atoms with Crippen LogP contribution in [0.5, 0.6) is 0 Å². The van der Waals surface area contributed by atoms with Gasteiger partial charge >= 0.3 is 0 Å². The molecular formula is C14H26OSi. The van der Waals surface area contributed by atoms with Gasteiger partial charge in [0.25, 0.3) is 0 Å². The Morgan fingerprint density at radius 2 is 1.88 bits per heavy atom. The third kappa shape index (κ3) is 11.6. The van der Waals surface area contributed by atoms with Crippen LogP contribution in [-0.4, -0.2) is 19.3 Å². The normalized spacial score (nSPS) is 13.6.